The number of nitrogens with one attached hydrogen (secondary N) is 2. The predicted molar refractivity (Wildman–Crippen MR) is 86.1 cm³/mol. The first-order valence-corrected chi connectivity index (χ1v) is 7.83. The lowest BCUT2D eigenvalue weighted by molar-refractivity contribution is -0.127. The first-order chi connectivity index (χ1) is 10.7. The Bertz CT molecular complexity index is 623. The van der Waals surface area contributed by atoms with Crippen molar-refractivity contribution in [2.45, 2.75) is 32.4 Å². The van der Waals surface area contributed by atoms with Gasteiger partial charge in [0.1, 0.15) is 5.82 Å². The molecule has 1 aromatic heterocycles. The van der Waals surface area contributed by atoms with E-state index in [1.54, 1.807) is 0 Å². The van der Waals surface area contributed by atoms with E-state index >= 15 is 0 Å². The third-order valence-electron chi connectivity index (χ3n) is 4.00. The number of nitrogens with zero attached hydrogens (tertiary/aromatic N) is 2. The van der Waals surface area contributed by atoms with Gasteiger partial charge < -0.3 is 15.2 Å². The van der Waals surface area contributed by atoms with Gasteiger partial charge in [-0.1, -0.05) is 30.3 Å². The van der Waals surface area contributed by atoms with Crippen molar-refractivity contribution in [1.29, 1.82) is 0 Å². The second-order valence-electron chi connectivity index (χ2n) is 5.83. The average Bonchev–Trinajstić information content (AvgIpc) is 3.16. The van der Waals surface area contributed by atoms with E-state index in [9.17, 15) is 4.79 Å². The highest BCUT2D eigenvalue weighted by Gasteiger charge is 2.21. The molecule has 2 N–H and O–H groups in total. The summed E-state index contributed by atoms with van der Waals surface area (Å²) in [7, 11) is 0. The molecule has 0 aliphatic carbocycles. The number of hydrogen-bond acceptors (Lipinski definition) is 3. The third kappa shape index (κ3) is 3.54. The summed E-state index contributed by atoms with van der Waals surface area (Å²) >= 11 is 0. The fourth-order valence-electron chi connectivity index (χ4n) is 2.78. The number of aromatic nitrogens is 2. The molecule has 1 aromatic carbocycles. The van der Waals surface area contributed by atoms with Crippen LogP contribution in [-0.4, -0.2) is 39.9 Å². The van der Waals surface area contributed by atoms with Gasteiger partial charge >= 0.3 is 0 Å². The molecule has 0 bridgehead atoms. The minimum Gasteiger partial charge on any atom is -0.341 e. The molecule has 1 atom stereocenters. The number of hydrogen-bond donors (Lipinski definition) is 2. The summed E-state index contributed by atoms with van der Waals surface area (Å²) in [5, 5.41) is 3.42. The molecular weight excluding hydrogens is 276 g/mol. The molecule has 1 saturated heterocycles. The quantitative estimate of drug-likeness (QED) is 0.859. The Hall–Kier alpha value is -2.14. The lowest BCUT2D eigenvalue weighted by atomic mass is 10.2. The molecule has 2 aromatic rings. The molecule has 5 heteroatoms. The van der Waals surface area contributed by atoms with E-state index in [0.29, 0.717) is 13.0 Å². The zero-order valence-corrected chi connectivity index (χ0v) is 12.9. The summed E-state index contributed by atoms with van der Waals surface area (Å²) in [6.07, 6.45) is 3.55. The van der Waals surface area contributed by atoms with Crippen molar-refractivity contribution in [2.75, 3.05) is 13.1 Å². The van der Waals surface area contributed by atoms with Gasteiger partial charge in [0, 0.05) is 25.6 Å². The molecule has 3 rings (SSSR count). The summed E-state index contributed by atoms with van der Waals surface area (Å²) in [5.41, 5.74) is 2.16. The fraction of sp³-hybridized carbons (Fsp3) is 0.412. The summed E-state index contributed by atoms with van der Waals surface area (Å²) in [5.74, 6) is 1.19. The van der Waals surface area contributed by atoms with Crippen LogP contribution >= 0.6 is 0 Å². The Kier molecular flexibility index (Phi) is 4.53. The molecule has 2 heterocycles. The van der Waals surface area contributed by atoms with Crippen molar-refractivity contribution in [1.82, 2.24) is 20.2 Å². The number of benzene rings is 1. The van der Waals surface area contributed by atoms with Crippen LogP contribution in [0.5, 0.6) is 0 Å². The summed E-state index contributed by atoms with van der Waals surface area (Å²) in [6.45, 7) is 4.44. The molecule has 1 unspecified atom stereocenters. The molecule has 1 amide bonds. The van der Waals surface area contributed by atoms with Gasteiger partial charge in [-0.3, -0.25) is 4.79 Å². The number of likely N-dealkylation sites (tertiary alicyclic amines) is 1. The van der Waals surface area contributed by atoms with Gasteiger partial charge in [0.15, 0.2) is 0 Å². The Morgan fingerprint density at radius 1 is 1.36 bits per heavy atom. The van der Waals surface area contributed by atoms with E-state index in [1.165, 1.54) is 0 Å². The minimum absolute atomic E-state index is 0.257. The number of carbonyl (C=O) groups is 1. The lowest BCUT2D eigenvalue weighted by Gasteiger charge is -2.21. The van der Waals surface area contributed by atoms with Crippen LogP contribution in [0.4, 0.5) is 0 Å². The summed E-state index contributed by atoms with van der Waals surface area (Å²) in [6, 6.07) is 10.4. The van der Waals surface area contributed by atoms with Crippen molar-refractivity contribution >= 4 is 5.91 Å². The molecule has 1 fully saturated rings. The number of H-pyrrole nitrogens is 1. The van der Waals surface area contributed by atoms with Crippen LogP contribution in [0, 0.1) is 0 Å². The summed E-state index contributed by atoms with van der Waals surface area (Å²) in [4.78, 5) is 21.3. The summed E-state index contributed by atoms with van der Waals surface area (Å²) < 4.78 is 0. The number of rotatable bonds is 6. The average molecular weight is 298 g/mol. The maximum atomic E-state index is 11.6. The van der Waals surface area contributed by atoms with E-state index in [2.05, 4.69) is 34.3 Å². The van der Waals surface area contributed by atoms with Crippen molar-refractivity contribution in [3.05, 3.63) is 42.4 Å². The number of imidazole rings is 1. The number of carbonyl (C=O) groups excluding carboxylic acids is 1. The molecule has 116 valence electrons. The largest absolute Gasteiger partial charge is 0.341 e. The van der Waals surface area contributed by atoms with Gasteiger partial charge in [-0.25, -0.2) is 4.98 Å². The predicted octanol–water partition coefficient (Wildman–Crippen LogP) is 2.18. The highest BCUT2D eigenvalue weighted by atomic mass is 16.2. The minimum atomic E-state index is 0.257. The van der Waals surface area contributed by atoms with E-state index in [0.717, 1.165) is 36.6 Å². The molecule has 22 heavy (non-hydrogen) atoms. The highest BCUT2D eigenvalue weighted by Crippen LogP contribution is 2.16. The Morgan fingerprint density at radius 3 is 2.91 bits per heavy atom. The smallest absolute Gasteiger partial charge is 0.222 e. The van der Waals surface area contributed by atoms with Gasteiger partial charge in [0.05, 0.1) is 18.4 Å². The van der Waals surface area contributed by atoms with Crippen molar-refractivity contribution < 1.29 is 4.79 Å². The number of aromatic amines is 1. The van der Waals surface area contributed by atoms with Gasteiger partial charge in [0.2, 0.25) is 5.91 Å². The molecule has 0 radical (unpaired) electrons. The van der Waals surface area contributed by atoms with Gasteiger partial charge in [-0.15, -0.1) is 0 Å². The molecule has 5 nitrogen and oxygen atoms in total. The van der Waals surface area contributed by atoms with E-state index < -0.39 is 0 Å². The first kappa shape index (κ1) is 14.8. The standard InChI is InChI=1S/C17H22N4O/c1-13(12-21-9-5-8-17(21)22)18-11-16-19-10-15(20-16)14-6-3-2-4-7-14/h2-4,6-7,10,13,18H,5,8-9,11-12H2,1H3,(H,19,20). The maximum Gasteiger partial charge on any atom is 0.222 e. The van der Waals surface area contributed by atoms with Crippen LogP contribution in [0.3, 0.4) is 0 Å². The first-order valence-electron chi connectivity index (χ1n) is 7.83. The van der Waals surface area contributed by atoms with Crippen LogP contribution in [0.1, 0.15) is 25.6 Å². The monoisotopic (exact) mass is 298 g/mol. The zero-order valence-electron chi connectivity index (χ0n) is 12.9. The second-order valence-corrected chi connectivity index (χ2v) is 5.83. The van der Waals surface area contributed by atoms with Crippen LogP contribution in [0.15, 0.2) is 36.5 Å². The molecule has 0 saturated carbocycles. The van der Waals surface area contributed by atoms with Crippen molar-refractivity contribution in [3.8, 4) is 11.3 Å². The third-order valence-corrected chi connectivity index (χ3v) is 4.00. The van der Waals surface area contributed by atoms with Crippen LogP contribution in [0.25, 0.3) is 11.3 Å². The SMILES string of the molecule is CC(CN1CCCC1=O)NCc1ncc(-c2ccccc2)[nH]1. The molecule has 0 spiro atoms. The van der Waals surface area contributed by atoms with E-state index in [1.807, 2.05) is 29.3 Å². The Labute approximate surface area is 130 Å². The van der Waals surface area contributed by atoms with Crippen molar-refractivity contribution in [2.24, 2.45) is 0 Å². The maximum absolute atomic E-state index is 11.6. The van der Waals surface area contributed by atoms with E-state index in [4.69, 9.17) is 0 Å². The zero-order chi connectivity index (χ0) is 15.4. The van der Waals surface area contributed by atoms with E-state index in [-0.39, 0.29) is 11.9 Å². The van der Waals surface area contributed by atoms with Crippen LogP contribution in [0.2, 0.25) is 0 Å². The molecule has 1 aliphatic rings. The number of amides is 1. The molecule has 1 aliphatic heterocycles. The fourth-order valence-corrected chi connectivity index (χ4v) is 2.78. The molecular formula is C17H22N4O. The van der Waals surface area contributed by atoms with Crippen LogP contribution in [-0.2, 0) is 11.3 Å². The van der Waals surface area contributed by atoms with Gasteiger partial charge in [0.25, 0.3) is 0 Å². The van der Waals surface area contributed by atoms with Gasteiger partial charge in [-0.05, 0) is 18.9 Å². The normalized spacial score (nSPS) is 16.2. The second kappa shape index (κ2) is 6.75. The lowest BCUT2D eigenvalue weighted by Crippen LogP contribution is -2.39. The Balaban J connectivity index is 1.51. The highest BCUT2D eigenvalue weighted by molar-refractivity contribution is 5.78. The van der Waals surface area contributed by atoms with Crippen LogP contribution < -0.4 is 5.32 Å². The Morgan fingerprint density at radius 2 is 2.18 bits per heavy atom. The van der Waals surface area contributed by atoms with Gasteiger partial charge in [-0.2, -0.15) is 0 Å². The van der Waals surface area contributed by atoms with Crippen molar-refractivity contribution in [3.63, 3.8) is 0 Å². The topological polar surface area (TPSA) is 61.0 Å².